The van der Waals surface area contributed by atoms with Gasteiger partial charge in [0.1, 0.15) is 5.82 Å². The zero-order valence-corrected chi connectivity index (χ0v) is 12.2. The van der Waals surface area contributed by atoms with Gasteiger partial charge in [-0.25, -0.2) is 4.98 Å². The van der Waals surface area contributed by atoms with Crippen LogP contribution >= 0.6 is 0 Å². The van der Waals surface area contributed by atoms with Crippen molar-refractivity contribution in [2.75, 3.05) is 7.05 Å². The van der Waals surface area contributed by atoms with E-state index in [2.05, 4.69) is 4.57 Å². The van der Waals surface area contributed by atoms with Gasteiger partial charge in [-0.15, -0.1) is 0 Å². The van der Waals surface area contributed by atoms with Gasteiger partial charge in [0.2, 0.25) is 5.91 Å². The van der Waals surface area contributed by atoms with Gasteiger partial charge in [-0.05, 0) is 12.1 Å². The van der Waals surface area contributed by atoms with Crippen molar-refractivity contribution in [2.24, 2.45) is 0 Å². The molecule has 0 aliphatic heterocycles. The first kappa shape index (κ1) is 13.4. The first-order valence-corrected chi connectivity index (χ1v) is 6.89. The van der Waals surface area contributed by atoms with E-state index in [0.717, 1.165) is 22.4 Å². The molecule has 0 saturated carbocycles. The predicted octanol–water partition coefficient (Wildman–Crippen LogP) is 3.14. The Morgan fingerprint density at radius 3 is 2.48 bits per heavy atom. The molecule has 3 rings (SSSR count). The topological polar surface area (TPSA) is 38.1 Å². The number of rotatable bonds is 3. The minimum atomic E-state index is 0.0341. The average molecular weight is 279 g/mol. The molecule has 0 unspecified atom stereocenters. The van der Waals surface area contributed by atoms with E-state index in [-0.39, 0.29) is 5.91 Å². The maximum Gasteiger partial charge on any atom is 0.220 e. The Kier molecular flexibility index (Phi) is 3.44. The van der Waals surface area contributed by atoms with Crippen LogP contribution in [0.4, 0.5) is 0 Å². The van der Waals surface area contributed by atoms with Crippen LogP contribution in [0.3, 0.4) is 0 Å². The summed E-state index contributed by atoms with van der Waals surface area (Å²) in [7, 11) is 1.80. The monoisotopic (exact) mass is 279 g/mol. The Morgan fingerprint density at radius 1 is 1.10 bits per heavy atom. The Morgan fingerprint density at radius 2 is 1.76 bits per heavy atom. The van der Waals surface area contributed by atoms with Crippen LogP contribution in [0, 0.1) is 0 Å². The molecule has 0 N–H and O–H groups in total. The molecule has 1 aromatic heterocycles. The van der Waals surface area contributed by atoms with Gasteiger partial charge in [0.15, 0.2) is 0 Å². The molecule has 0 saturated heterocycles. The molecule has 0 bridgehead atoms. The summed E-state index contributed by atoms with van der Waals surface area (Å²) >= 11 is 0. The van der Waals surface area contributed by atoms with Gasteiger partial charge in [0.05, 0.1) is 17.7 Å². The van der Waals surface area contributed by atoms with Gasteiger partial charge < -0.3 is 9.47 Å². The summed E-state index contributed by atoms with van der Waals surface area (Å²) < 4.78 is 2.08. The number of carbonyl (C=O) groups excluding carboxylic acids is 1. The second-order valence-electron chi connectivity index (χ2n) is 5.08. The summed E-state index contributed by atoms with van der Waals surface area (Å²) in [5.74, 6) is 0.914. The minimum absolute atomic E-state index is 0.0341. The van der Waals surface area contributed by atoms with Gasteiger partial charge in [0, 0.05) is 19.5 Å². The number of nitrogens with zero attached hydrogens (tertiary/aromatic N) is 3. The Bertz CT molecular complexity index is 777. The lowest BCUT2D eigenvalue weighted by molar-refractivity contribution is -0.128. The highest BCUT2D eigenvalue weighted by atomic mass is 16.2. The fourth-order valence-corrected chi connectivity index (χ4v) is 2.34. The molecule has 0 fully saturated rings. The smallest absolute Gasteiger partial charge is 0.220 e. The van der Waals surface area contributed by atoms with Crippen molar-refractivity contribution in [3.05, 3.63) is 54.6 Å². The van der Waals surface area contributed by atoms with Crippen molar-refractivity contribution >= 4 is 16.9 Å². The van der Waals surface area contributed by atoms with Crippen molar-refractivity contribution in [3.8, 4) is 11.4 Å². The lowest BCUT2D eigenvalue weighted by Gasteiger charge is -2.18. The van der Waals surface area contributed by atoms with Crippen molar-refractivity contribution in [1.29, 1.82) is 0 Å². The normalized spacial score (nSPS) is 10.8. The van der Waals surface area contributed by atoms with Gasteiger partial charge in [-0.1, -0.05) is 42.5 Å². The van der Waals surface area contributed by atoms with Crippen LogP contribution < -0.4 is 0 Å². The largest absolute Gasteiger partial charge is 0.328 e. The number of imidazole rings is 1. The van der Waals surface area contributed by atoms with Crippen molar-refractivity contribution in [3.63, 3.8) is 0 Å². The highest BCUT2D eigenvalue weighted by Crippen LogP contribution is 2.24. The van der Waals surface area contributed by atoms with Gasteiger partial charge in [0.25, 0.3) is 0 Å². The zero-order chi connectivity index (χ0) is 14.8. The lowest BCUT2D eigenvalue weighted by Crippen LogP contribution is -2.26. The Labute approximate surface area is 123 Å². The van der Waals surface area contributed by atoms with Crippen LogP contribution in [0.5, 0.6) is 0 Å². The third-order valence-corrected chi connectivity index (χ3v) is 3.58. The molecular weight excluding hydrogens is 262 g/mol. The molecule has 1 heterocycles. The maximum absolute atomic E-state index is 11.5. The third kappa shape index (κ3) is 2.52. The van der Waals surface area contributed by atoms with Gasteiger partial charge in [-0.2, -0.15) is 0 Å². The summed E-state index contributed by atoms with van der Waals surface area (Å²) in [6.07, 6.45) is 0. The highest BCUT2D eigenvalue weighted by molar-refractivity contribution is 5.81. The molecule has 21 heavy (non-hydrogen) atoms. The summed E-state index contributed by atoms with van der Waals surface area (Å²) in [5, 5.41) is 0. The average Bonchev–Trinajstić information content (AvgIpc) is 2.87. The number of hydrogen-bond acceptors (Lipinski definition) is 2. The van der Waals surface area contributed by atoms with E-state index in [1.54, 1.807) is 18.9 Å². The number of carbonyl (C=O) groups is 1. The van der Waals surface area contributed by atoms with Crippen LogP contribution in [0.15, 0.2) is 54.6 Å². The fourth-order valence-electron chi connectivity index (χ4n) is 2.34. The molecule has 4 heteroatoms. The quantitative estimate of drug-likeness (QED) is 0.738. The fraction of sp³-hybridized carbons (Fsp3) is 0.176. The summed E-state index contributed by atoms with van der Waals surface area (Å²) in [4.78, 5) is 17.9. The SMILES string of the molecule is CC(=O)N(C)Cn1c(-c2ccccc2)nc2ccccc21. The molecule has 0 radical (unpaired) electrons. The molecule has 0 aliphatic carbocycles. The zero-order valence-electron chi connectivity index (χ0n) is 12.2. The number of para-hydroxylation sites is 2. The van der Waals surface area contributed by atoms with E-state index in [1.807, 2.05) is 54.6 Å². The predicted molar refractivity (Wildman–Crippen MR) is 83.6 cm³/mol. The summed E-state index contributed by atoms with van der Waals surface area (Å²) in [5.41, 5.74) is 3.02. The van der Waals surface area contributed by atoms with E-state index < -0.39 is 0 Å². The summed E-state index contributed by atoms with van der Waals surface area (Å²) in [6, 6.07) is 18.0. The number of aromatic nitrogens is 2. The van der Waals surface area contributed by atoms with Crippen LogP contribution in [-0.2, 0) is 11.5 Å². The van der Waals surface area contributed by atoms with E-state index in [1.165, 1.54) is 0 Å². The molecule has 0 atom stereocenters. The highest BCUT2D eigenvalue weighted by Gasteiger charge is 2.14. The maximum atomic E-state index is 11.5. The molecular formula is C17H17N3O. The number of fused-ring (bicyclic) bond motifs is 1. The first-order valence-electron chi connectivity index (χ1n) is 6.89. The van der Waals surface area contributed by atoms with E-state index >= 15 is 0 Å². The molecule has 0 aliphatic rings. The van der Waals surface area contributed by atoms with E-state index in [0.29, 0.717) is 6.67 Å². The number of amides is 1. The van der Waals surface area contributed by atoms with Crippen molar-refractivity contribution < 1.29 is 4.79 Å². The van der Waals surface area contributed by atoms with Crippen LogP contribution in [0.2, 0.25) is 0 Å². The second kappa shape index (κ2) is 5.40. The second-order valence-corrected chi connectivity index (χ2v) is 5.08. The molecule has 4 nitrogen and oxygen atoms in total. The van der Waals surface area contributed by atoms with E-state index in [4.69, 9.17) is 4.98 Å². The lowest BCUT2D eigenvalue weighted by atomic mass is 10.2. The Balaban J connectivity index is 2.17. The molecule has 3 aromatic rings. The van der Waals surface area contributed by atoms with E-state index in [9.17, 15) is 4.79 Å². The van der Waals surface area contributed by atoms with Crippen molar-refractivity contribution in [1.82, 2.24) is 14.5 Å². The molecule has 106 valence electrons. The van der Waals surface area contributed by atoms with Gasteiger partial charge >= 0.3 is 0 Å². The number of benzene rings is 2. The van der Waals surface area contributed by atoms with Crippen LogP contribution in [0.1, 0.15) is 6.92 Å². The summed E-state index contributed by atoms with van der Waals surface area (Å²) in [6.45, 7) is 2.06. The molecule has 1 amide bonds. The van der Waals surface area contributed by atoms with Crippen LogP contribution in [0.25, 0.3) is 22.4 Å². The number of hydrogen-bond donors (Lipinski definition) is 0. The molecule has 0 spiro atoms. The minimum Gasteiger partial charge on any atom is -0.328 e. The Hall–Kier alpha value is -2.62. The van der Waals surface area contributed by atoms with Gasteiger partial charge in [-0.3, -0.25) is 4.79 Å². The molecule has 2 aromatic carbocycles. The van der Waals surface area contributed by atoms with Crippen LogP contribution in [-0.4, -0.2) is 27.4 Å². The third-order valence-electron chi connectivity index (χ3n) is 3.58. The standard InChI is InChI=1S/C17H17N3O/c1-13(21)19(2)12-20-16-11-7-6-10-15(16)18-17(20)14-8-4-3-5-9-14/h3-11H,12H2,1-2H3. The first-order chi connectivity index (χ1) is 10.2. The van der Waals surface area contributed by atoms with Crippen molar-refractivity contribution in [2.45, 2.75) is 13.6 Å².